The number of hydrogen-bond donors (Lipinski definition) is 0. The smallest absolute Gasteiger partial charge is 0.164 e. The van der Waals surface area contributed by atoms with Crippen molar-refractivity contribution in [3.63, 3.8) is 0 Å². The maximum Gasteiger partial charge on any atom is 0.164 e. The van der Waals surface area contributed by atoms with Gasteiger partial charge in [-0.1, -0.05) is 30.3 Å². The first-order valence-electron chi connectivity index (χ1n) is 5.95. The monoisotopic (exact) mass is 234 g/mol. The second-order valence-corrected chi connectivity index (χ2v) is 4.77. The Balaban J connectivity index is 1.83. The standard InChI is InChI=1S/C14H18O3/c1-14(2)16-10-13(17-14)12(15)9-8-11-6-4-3-5-7-11/h3-7,13H,8-10H2,1-2H3/t13-/m0/s1. The molecule has 0 N–H and O–H groups in total. The van der Waals surface area contributed by atoms with Crippen LogP contribution in [0.5, 0.6) is 0 Å². The number of benzene rings is 1. The van der Waals surface area contributed by atoms with E-state index in [1.807, 2.05) is 44.2 Å². The highest BCUT2D eigenvalue weighted by Crippen LogP contribution is 2.23. The summed E-state index contributed by atoms with van der Waals surface area (Å²) >= 11 is 0. The fraction of sp³-hybridized carbons (Fsp3) is 0.500. The minimum atomic E-state index is -0.618. The van der Waals surface area contributed by atoms with Gasteiger partial charge in [-0.3, -0.25) is 4.79 Å². The van der Waals surface area contributed by atoms with Crippen LogP contribution in [0.1, 0.15) is 25.8 Å². The Morgan fingerprint density at radius 3 is 2.65 bits per heavy atom. The van der Waals surface area contributed by atoms with Gasteiger partial charge in [0.25, 0.3) is 0 Å². The molecule has 0 spiro atoms. The predicted octanol–water partition coefficient (Wildman–Crippen LogP) is 2.34. The van der Waals surface area contributed by atoms with E-state index in [9.17, 15) is 4.79 Å². The second-order valence-electron chi connectivity index (χ2n) is 4.77. The Kier molecular flexibility index (Phi) is 3.60. The maximum absolute atomic E-state index is 11.9. The van der Waals surface area contributed by atoms with Crippen LogP contribution in [0.15, 0.2) is 30.3 Å². The van der Waals surface area contributed by atoms with Crippen LogP contribution in [0.2, 0.25) is 0 Å². The first kappa shape index (κ1) is 12.3. The minimum absolute atomic E-state index is 0.124. The molecular weight excluding hydrogens is 216 g/mol. The maximum atomic E-state index is 11.9. The van der Waals surface area contributed by atoms with Crippen molar-refractivity contribution in [3.8, 4) is 0 Å². The number of hydrogen-bond acceptors (Lipinski definition) is 3. The van der Waals surface area contributed by atoms with Crippen LogP contribution in [-0.4, -0.2) is 24.3 Å². The molecule has 1 atom stereocenters. The van der Waals surface area contributed by atoms with Gasteiger partial charge in [-0.15, -0.1) is 0 Å². The van der Waals surface area contributed by atoms with Crippen LogP contribution in [0.4, 0.5) is 0 Å². The third-order valence-corrected chi connectivity index (χ3v) is 2.87. The molecule has 0 aromatic heterocycles. The molecule has 1 fully saturated rings. The number of rotatable bonds is 4. The van der Waals surface area contributed by atoms with Gasteiger partial charge in [0.2, 0.25) is 0 Å². The van der Waals surface area contributed by atoms with Gasteiger partial charge < -0.3 is 9.47 Å². The highest BCUT2D eigenvalue weighted by Gasteiger charge is 2.36. The largest absolute Gasteiger partial charge is 0.347 e. The molecule has 1 saturated heterocycles. The molecule has 1 aliphatic heterocycles. The molecule has 1 heterocycles. The molecule has 0 saturated carbocycles. The van der Waals surface area contributed by atoms with E-state index in [0.29, 0.717) is 13.0 Å². The van der Waals surface area contributed by atoms with Gasteiger partial charge in [0, 0.05) is 6.42 Å². The van der Waals surface area contributed by atoms with E-state index in [-0.39, 0.29) is 5.78 Å². The van der Waals surface area contributed by atoms with Crippen LogP contribution in [0.3, 0.4) is 0 Å². The third-order valence-electron chi connectivity index (χ3n) is 2.87. The van der Waals surface area contributed by atoms with E-state index >= 15 is 0 Å². The zero-order valence-electron chi connectivity index (χ0n) is 10.3. The van der Waals surface area contributed by atoms with Crippen molar-refractivity contribution in [2.75, 3.05) is 6.61 Å². The van der Waals surface area contributed by atoms with Crippen LogP contribution < -0.4 is 0 Å². The molecule has 3 heteroatoms. The molecule has 1 aliphatic rings. The summed E-state index contributed by atoms with van der Waals surface area (Å²) in [5, 5.41) is 0. The number of Topliss-reactive ketones (excluding diaryl/α,β-unsaturated/α-hetero) is 1. The summed E-state index contributed by atoms with van der Waals surface area (Å²) in [4.78, 5) is 11.9. The number of aryl methyl sites for hydroxylation is 1. The fourth-order valence-corrected chi connectivity index (χ4v) is 1.92. The number of ether oxygens (including phenoxy) is 2. The van der Waals surface area contributed by atoms with E-state index in [2.05, 4.69) is 0 Å². The van der Waals surface area contributed by atoms with E-state index in [1.54, 1.807) is 0 Å². The lowest BCUT2D eigenvalue weighted by Gasteiger charge is -2.16. The first-order valence-corrected chi connectivity index (χ1v) is 5.95. The van der Waals surface area contributed by atoms with Crippen LogP contribution in [0, 0.1) is 0 Å². The summed E-state index contributed by atoms with van der Waals surface area (Å²) in [5.41, 5.74) is 1.18. The lowest BCUT2D eigenvalue weighted by atomic mass is 10.1. The van der Waals surface area contributed by atoms with Crippen molar-refractivity contribution in [1.29, 1.82) is 0 Å². The fourth-order valence-electron chi connectivity index (χ4n) is 1.92. The van der Waals surface area contributed by atoms with Gasteiger partial charge in [-0.2, -0.15) is 0 Å². The highest BCUT2D eigenvalue weighted by atomic mass is 16.7. The summed E-state index contributed by atoms with van der Waals surface area (Å²) < 4.78 is 10.9. The van der Waals surface area contributed by atoms with Crippen molar-refractivity contribution < 1.29 is 14.3 Å². The Labute approximate surface area is 102 Å². The molecule has 0 amide bonds. The molecule has 0 radical (unpaired) electrons. The average Bonchev–Trinajstić information content (AvgIpc) is 2.68. The lowest BCUT2D eigenvalue weighted by Crippen LogP contribution is -2.27. The normalized spacial score (nSPS) is 22.6. The second kappa shape index (κ2) is 4.98. The van der Waals surface area contributed by atoms with Crippen LogP contribution in [-0.2, 0) is 20.7 Å². The molecule has 0 aliphatic carbocycles. The van der Waals surface area contributed by atoms with Crippen molar-refractivity contribution in [2.45, 2.75) is 38.6 Å². The van der Waals surface area contributed by atoms with Gasteiger partial charge in [0.05, 0.1) is 6.61 Å². The molecule has 0 unspecified atom stereocenters. The van der Waals surface area contributed by atoms with E-state index in [1.165, 1.54) is 5.56 Å². The number of ketones is 1. The SMILES string of the molecule is CC1(C)OC[C@@H](C(=O)CCc2ccccc2)O1. The van der Waals surface area contributed by atoms with E-state index < -0.39 is 11.9 Å². The molecule has 2 rings (SSSR count). The summed E-state index contributed by atoms with van der Waals surface area (Å²) in [7, 11) is 0. The summed E-state index contributed by atoms with van der Waals surface area (Å²) in [6.45, 7) is 4.04. The molecule has 3 nitrogen and oxygen atoms in total. The van der Waals surface area contributed by atoms with E-state index in [0.717, 1.165) is 6.42 Å². The third kappa shape index (κ3) is 3.38. The lowest BCUT2D eigenvalue weighted by molar-refractivity contribution is -0.152. The summed E-state index contributed by atoms with van der Waals surface area (Å²) in [5.74, 6) is -0.494. The summed E-state index contributed by atoms with van der Waals surface area (Å²) in [6, 6.07) is 10.0. The zero-order valence-corrected chi connectivity index (χ0v) is 10.3. The van der Waals surface area contributed by atoms with Crippen LogP contribution >= 0.6 is 0 Å². The highest BCUT2D eigenvalue weighted by molar-refractivity contribution is 5.83. The van der Waals surface area contributed by atoms with Gasteiger partial charge in [-0.05, 0) is 25.8 Å². The predicted molar refractivity (Wildman–Crippen MR) is 64.7 cm³/mol. The Morgan fingerprint density at radius 2 is 2.06 bits per heavy atom. The Hall–Kier alpha value is -1.19. The van der Waals surface area contributed by atoms with Gasteiger partial charge in [0.1, 0.15) is 6.10 Å². The molecule has 1 aromatic carbocycles. The quantitative estimate of drug-likeness (QED) is 0.802. The first-order chi connectivity index (χ1) is 8.07. The molecular formula is C14H18O3. The van der Waals surface area contributed by atoms with Crippen LogP contribution in [0.25, 0.3) is 0 Å². The van der Waals surface area contributed by atoms with E-state index in [4.69, 9.17) is 9.47 Å². The van der Waals surface area contributed by atoms with Crippen molar-refractivity contribution in [3.05, 3.63) is 35.9 Å². The Morgan fingerprint density at radius 1 is 1.35 bits per heavy atom. The van der Waals surface area contributed by atoms with Crippen molar-refractivity contribution in [1.82, 2.24) is 0 Å². The molecule has 92 valence electrons. The molecule has 0 bridgehead atoms. The van der Waals surface area contributed by atoms with Crippen molar-refractivity contribution in [2.24, 2.45) is 0 Å². The molecule has 17 heavy (non-hydrogen) atoms. The van der Waals surface area contributed by atoms with Crippen molar-refractivity contribution >= 4 is 5.78 Å². The Bertz CT molecular complexity index is 384. The van der Waals surface area contributed by atoms with Gasteiger partial charge in [-0.25, -0.2) is 0 Å². The zero-order chi connectivity index (χ0) is 12.3. The summed E-state index contributed by atoms with van der Waals surface area (Å²) in [6.07, 6.45) is 0.877. The minimum Gasteiger partial charge on any atom is -0.347 e. The number of carbonyl (C=O) groups excluding carboxylic acids is 1. The number of carbonyl (C=O) groups is 1. The molecule has 1 aromatic rings. The topological polar surface area (TPSA) is 35.5 Å². The van der Waals surface area contributed by atoms with Gasteiger partial charge >= 0.3 is 0 Å². The average molecular weight is 234 g/mol. The van der Waals surface area contributed by atoms with Gasteiger partial charge in [0.15, 0.2) is 11.6 Å².